The molecule has 4 heteroatoms. The largest absolute Gasteiger partial charge is 0.463 e. The highest BCUT2D eigenvalue weighted by atomic mass is 19.1. The van der Waals surface area contributed by atoms with Gasteiger partial charge in [-0.25, -0.2) is 9.18 Å². The zero-order valence-electron chi connectivity index (χ0n) is 9.16. The number of rotatable bonds is 2. The van der Waals surface area contributed by atoms with Crippen molar-refractivity contribution in [2.75, 3.05) is 6.61 Å². The third-order valence-electron chi connectivity index (χ3n) is 2.51. The molecule has 0 radical (unpaired) electrons. The molecule has 0 saturated carbocycles. The summed E-state index contributed by atoms with van der Waals surface area (Å²) in [6.07, 6.45) is 0. The van der Waals surface area contributed by atoms with Gasteiger partial charge in [-0.15, -0.1) is 0 Å². The van der Waals surface area contributed by atoms with Crippen molar-refractivity contribution in [1.29, 1.82) is 0 Å². The molecule has 1 aromatic rings. The molecule has 0 N–H and O–H groups in total. The smallest absolute Gasteiger partial charge is 0.336 e. The normalized spacial score (nSPS) is 17.9. The van der Waals surface area contributed by atoms with Crippen molar-refractivity contribution in [3.05, 3.63) is 34.6 Å². The van der Waals surface area contributed by atoms with Gasteiger partial charge in [0, 0.05) is 5.22 Å². The third kappa shape index (κ3) is 1.60. The Bertz CT molecular complexity index is 551. The highest BCUT2D eigenvalue weighted by Crippen LogP contribution is 2.11. The van der Waals surface area contributed by atoms with Gasteiger partial charge in [0.1, 0.15) is 5.82 Å². The minimum atomic E-state index is -0.484. The van der Waals surface area contributed by atoms with Crippen molar-refractivity contribution < 1.29 is 13.9 Å². The summed E-state index contributed by atoms with van der Waals surface area (Å²) in [5.74, 6) is -0.906. The number of carbonyl (C=O) groups excluding carboxylic acids is 1. The van der Waals surface area contributed by atoms with Gasteiger partial charge < -0.3 is 4.74 Å². The molecule has 1 aliphatic heterocycles. The first-order valence-corrected chi connectivity index (χ1v) is 5.18. The second-order valence-corrected chi connectivity index (χ2v) is 3.57. The zero-order valence-corrected chi connectivity index (χ0v) is 9.16. The Labute approximate surface area is 92.3 Å². The number of esters is 1. The minimum Gasteiger partial charge on any atom is -0.463 e. The molecule has 0 amide bonds. The highest BCUT2D eigenvalue weighted by molar-refractivity contribution is 6.11. The van der Waals surface area contributed by atoms with Crippen LogP contribution in [0.5, 0.6) is 0 Å². The lowest BCUT2D eigenvalue weighted by molar-refractivity contribution is -0.136. The number of halogens is 1. The van der Waals surface area contributed by atoms with Crippen LogP contribution in [0, 0.1) is 5.82 Å². The van der Waals surface area contributed by atoms with Gasteiger partial charge in [0.25, 0.3) is 0 Å². The molecule has 0 aromatic heterocycles. The lowest BCUT2D eigenvalue weighted by atomic mass is 10.1. The van der Waals surface area contributed by atoms with E-state index in [2.05, 4.69) is 4.99 Å². The van der Waals surface area contributed by atoms with Crippen LogP contribution in [0.4, 0.5) is 4.39 Å². The molecule has 0 bridgehead atoms. The van der Waals surface area contributed by atoms with E-state index in [1.165, 1.54) is 6.07 Å². The molecule has 0 unspecified atom stereocenters. The van der Waals surface area contributed by atoms with Crippen molar-refractivity contribution in [3.63, 3.8) is 0 Å². The number of benzene rings is 1. The Kier molecular flexibility index (Phi) is 2.73. The molecule has 0 fully saturated rings. The summed E-state index contributed by atoms with van der Waals surface area (Å²) in [4.78, 5) is 15.9. The maximum atomic E-state index is 13.6. The molecule has 1 aromatic carbocycles. The summed E-state index contributed by atoms with van der Waals surface area (Å²) in [6, 6.07) is 4.26. The molecule has 1 aliphatic rings. The molecule has 3 nitrogen and oxygen atoms in total. The molecule has 1 atom stereocenters. The lowest BCUT2D eigenvalue weighted by Gasteiger charge is -2.06. The fraction of sp³-hybridized carbons (Fsp3) is 0.333. The van der Waals surface area contributed by atoms with Crippen molar-refractivity contribution in [1.82, 2.24) is 0 Å². The van der Waals surface area contributed by atoms with Crippen LogP contribution in [0.3, 0.4) is 0 Å². The zero-order chi connectivity index (χ0) is 11.7. The monoisotopic (exact) mass is 221 g/mol. The van der Waals surface area contributed by atoms with Gasteiger partial charge in [0.15, 0.2) is 0 Å². The van der Waals surface area contributed by atoms with Crippen molar-refractivity contribution >= 4 is 11.5 Å². The average Bonchev–Trinajstić information content (AvgIpc) is 2.56. The van der Waals surface area contributed by atoms with Gasteiger partial charge in [-0.1, -0.05) is 6.07 Å². The molecule has 0 aliphatic carbocycles. The van der Waals surface area contributed by atoms with E-state index < -0.39 is 11.8 Å². The molecular formula is C12H12FNO2. The van der Waals surface area contributed by atoms with Crippen molar-refractivity contribution in [2.45, 2.75) is 19.9 Å². The molecular weight excluding hydrogens is 209 g/mol. The fourth-order valence-electron chi connectivity index (χ4n) is 1.85. The Morgan fingerprint density at radius 1 is 1.56 bits per heavy atom. The van der Waals surface area contributed by atoms with Crippen LogP contribution in [0.15, 0.2) is 23.2 Å². The van der Waals surface area contributed by atoms with E-state index in [1.54, 1.807) is 26.0 Å². The molecule has 0 spiro atoms. The number of nitrogens with zero attached hydrogens (tertiary/aromatic N) is 1. The summed E-state index contributed by atoms with van der Waals surface area (Å²) >= 11 is 0. The quantitative estimate of drug-likeness (QED) is 0.684. The predicted molar refractivity (Wildman–Crippen MR) is 56.7 cm³/mol. The van der Waals surface area contributed by atoms with Gasteiger partial charge in [0.05, 0.1) is 23.6 Å². The molecule has 16 heavy (non-hydrogen) atoms. The molecule has 84 valence electrons. The van der Waals surface area contributed by atoms with Crippen molar-refractivity contribution in [3.8, 4) is 0 Å². The van der Waals surface area contributed by atoms with Gasteiger partial charge in [0.2, 0.25) is 0 Å². The summed E-state index contributed by atoms with van der Waals surface area (Å²) in [5, 5.41) is 0.809. The van der Waals surface area contributed by atoms with Crippen LogP contribution in [0.2, 0.25) is 0 Å². The van der Waals surface area contributed by atoms with E-state index >= 15 is 0 Å². The Morgan fingerprint density at radius 2 is 2.31 bits per heavy atom. The van der Waals surface area contributed by atoms with E-state index in [9.17, 15) is 9.18 Å². The SMILES string of the molecule is CCOC(=O)C1=c2c(F)cccc2=N[C@@H]1C. The first-order valence-electron chi connectivity index (χ1n) is 5.18. The summed E-state index contributed by atoms with van der Waals surface area (Å²) < 4.78 is 18.5. The topological polar surface area (TPSA) is 38.7 Å². The Balaban J connectivity index is 2.68. The van der Waals surface area contributed by atoms with E-state index in [0.29, 0.717) is 10.9 Å². The first kappa shape index (κ1) is 10.8. The van der Waals surface area contributed by atoms with Crippen LogP contribution in [-0.4, -0.2) is 18.6 Å². The second kappa shape index (κ2) is 4.04. The van der Waals surface area contributed by atoms with E-state index in [-0.39, 0.29) is 17.9 Å². The molecule has 1 heterocycles. The number of fused-ring (bicyclic) bond motifs is 1. The minimum absolute atomic E-state index is 0.277. The Hall–Kier alpha value is -1.71. The van der Waals surface area contributed by atoms with Crippen LogP contribution in [0.1, 0.15) is 13.8 Å². The number of hydrogen-bond acceptors (Lipinski definition) is 3. The maximum absolute atomic E-state index is 13.6. The van der Waals surface area contributed by atoms with Gasteiger partial charge >= 0.3 is 5.97 Å². The van der Waals surface area contributed by atoms with Crippen LogP contribution in [-0.2, 0) is 9.53 Å². The average molecular weight is 221 g/mol. The summed E-state index contributed by atoms with van der Waals surface area (Å²) in [7, 11) is 0. The molecule has 2 rings (SSSR count). The third-order valence-corrected chi connectivity index (χ3v) is 2.51. The summed E-state index contributed by atoms with van der Waals surface area (Å²) in [5.41, 5.74) is 0.315. The number of ether oxygens (including phenoxy) is 1. The van der Waals surface area contributed by atoms with Crippen LogP contribution >= 0.6 is 0 Å². The fourth-order valence-corrected chi connectivity index (χ4v) is 1.85. The van der Waals surface area contributed by atoms with E-state index in [0.717, 1.165) is 0 Å². The van der Waals surface area contributed by atoms with Crippen molar-refractivity contribution in [2.24, 2.45) is 4.99 Å². The maximum Gasteiger partial charge on any atom is 0.336 e. The standard InChI is InChI=1S/C12H12FNO2/c1-3-16-12(15)10-7(2)14-9-6-4-5-8(13)11(9)10/h4-7H,3H2,1-2H3/t7-/m1/s1. The lowest BCUT2D eigenvalue weighted by Crippen LogP contribution is -2.29. The number of carbonyl (C=O) groups is 1. The first-order chi connectivity index (χ1) is 7.65. The highest BCUT2D eigenvalue weighted by Gasteiger charge is 2.24. The van der Waals surface area contributed by atoms with E-state index in [4.69, 9.17) is 4.74 Å². The number of hydrogen-bond donors (Lipinski definition) is 0. The van der Waals surface area contributed by atoms with Gasteiger partial charge in [-0.3, -0.25) is 4.99 Å². The van der Waals surface area contributed by atoms with Crippen LogP contribution < -0.4 is 10.6 Å². The predicted octanol–water partition coefficient (Wildman–Crippen LogP) is 0.561. The van der Waals surface area contributed by atoms with Gasteiger partial charge in [-0.2, -0.15) is 0 Å². The van der Waals surface area contributed by atoms with E-state index in [1.807, 2.05) is 0 Å². The van der Waals surface area contributed by atoms with Crippen LogP contribution in [0.25, 0.3) is 5.57 Å². The molecule has 0 saturated heterocycles. The second-order valence-electron chi connectivity index (χ2n) is 3.57. The Morgan fingerprint density at radius 3 is 3.00 bits per heavy atom. The summed E-state index contributed by atoms with van der Waals surface area (Å²) in [6.45, 7) is 3.75. The van der Waals surface area contributed by atoms with Gasteiger partial charge in [-0.05, 0) is 26.0 Å².